The maximum Gasteiger partial charge on any atom is 0.322 e. The van der Waals surface area contributed by atoms with E-state index >= 15 is 0 Å². The molecule has 1 amide bonds. The average molecular weight is 307 g/mol. The lowest BCUT2D eigenvalue weighted by Crippen LogP contribution is -2.37. The van der Waals surface area contributed by atoms with Crippen LogP contribution >= 0.6 is 24.0 Å². The first kappa shape index (κ1) is 17.7. The molecule has 0 aliphatic rings. The Morgan fingerprint density at radius 2 is 2.00 bits per heavy atom. The van der Waals surface area contributed by atoms with Gasteiger partial charge in [0.05, 0.1) is 6.54 Å². The highest BCUT2D eigenvalue weighted by Crippen LogP contribution is 2.16. The molecule has 0 spiro atoms. The van der Waals surface area contributed by atoms with E-state index in [2.05, 4.69) is 5.32 Å². The van der Waals surface area contributed by atoms with Crippen LogP contribution in [0.15, 0.2) is 24.3 Å². The maximum absolute atomic E-state index is 11.4. The monoisotopic (exact) mass is 306 g/mol. The molecule has 2 N–H and O–H groups in total. The Bertz CT molecular complexity index is 441. The molecule has 0 atom stereocenters. The average Bonchev–Trinajstić information content (AvgIpc) is 2.29. The lowest BCUT2D eigenvalue weighted by molar-refractivity contribution is -0.138. The number of likely N-dealkylation sites (N-methyl/N-ethyl adjacent to an activating group) is 1. The number of rotatable bonds is 6. The van der Waals surface area contributed by atoms with E-state index in [1.54, 1.807) is 18.0 Å². The van der Waals surface area contributed by atoms with Gasteiger partial charge in [-0.25, -0.2) is 0 Å². The number of benzene rings is 1. The quantitative estimate of drug-likeness (QED) is 0.833. The summed E-state index contributed by atoms with van der Waals surface area (Å²) in [6, 6.07) is 7.38. The van der Waals surface area contributed by atoms with Gasteiger partial charge in [-0.15, -0.1) is 12.4 Å². The van der Waals surface area contributed by atoms with Crippen molar-refractivity contribution >= 4 is 35.9 Å². The number of nitrogens with one attached hydrogen (secondary N) is 1. The Morgan fingerprint density at radius 1 is 1.37 bits per heavy atom. The molecule has 0 heterocycles. The van der Waals surface area contributed by atoms with E-state index in [0.29, 0.717) is 11.6 Å². The Hall–Kier alpha value is -1.30. The maximum atomic E-state index is 11.4. The van der Waals surface area contributed by atoms with Crippen LogP contribution in [0, 0.1) is 0 Å². The summed E-state index contributed by atoms with van der Waals surface area (Å²) in [4.78, 5) is 23.4. The minimum absolute atomic E-state index is 0. The van der Waals surface area contributed by atoms with Crippen molar-refractivity contribution < 1.29 is 14.7 Å². The van der Waals surface area contributed by atoms with Crippen LogP contribution in [0.2, 0.25) is 5.02 Å². The van der Waals surface area contributed by atoms with E-state index in [9.17, 15) is 9.59 Å². The number of hydrogen-bond acceptors (Lipinski definition) is 3. The van der Waals surface area contributed by atoms with Crippen LogP contribution in [-0.4, -0.2) is 42.0 Å². The first-order chi connectivity index (χ1) is 8.49. The summed E-state index contributed by atoms with van der Waals surface area (Å²) in [6.07, 6.45) is 0. The number of amides is 1. The predicted octanol–water partition coefficient (Wildman–Crippen LogP) is 1.39. The number of carbonyl (C=O) groups excluding carboxylic acids is 1. The molecule has 7 heteroatoms. The lowest BCUT2D eigenvalue weighted by Gasteiger charge is -2.16. The molecule has 0 radical (unpaired) electrons. The van der Waals surface area contributed by atoms with Crippen molar-refractivity contribution in [3.63, 3.8) is 0 Å². The molecule has 0 saturated carbocycles. The highest BCUT2D eigenvalue weighted by Gasteiger charge is 2.09. The van der Waals surface area contributed by atoms with Crippen molar-refractivity contribution in [2.75, 3.05) is 20.1 Å². The molecular formula is C12H16Cl2N2O3. The van der Waals surface area contributed by atoms with Gasteiger partial charge in [-0.2, -0.15) is 0 Å². The molecule has 0 unspecified atom stereocenters. The minimum atomic E-state index is -1.06. The van der Waals surface area contributed by atoms with Crippen LogP contribution in [0.1, 0.15) is 5.56 Å². The number of carboxylic acid groups (broad SMARTS) is 1. The standard InChI is InChI=1S/C12H15ClN2O3.ClH/c1-15(8-11(16)14-6-12(17)18)7-9-4-2-3-5-10(9)13;/h2-5H,6-8H2,1H3,(H,14,16)(H,17,18);1H. The van der Waals surface area contributed by atoms with Gasteiger partial charge in [0, 0.05) is 11.6 Å². The van der Waals surface area contributed by atoms with Crippen molar-refractivity contribution in [2.45, 2.75) is 6.54 Å². The van der Waals surface area contributed by atoms with Crippen LogP contribution in [0.4, 0.5) is 0 Å². The van der Waals surface area contributed by atoms with Crippen LogP contribution in [0.3, 0.4) is 0 Å². The van der Waals surface area contributed by atoms with E-state index < -0.39 is 5.97 Å². The van der Waals surface area contributed by atoms with Gasteiger partial charge in [-0.3, -0.25) is 14.5 Å². The van der Waals surface area contributed by atoms with Crippen molar-refractivity contribution in [1.29, 1.82) is 0 Å². The van der Waals surface area contributed by atoms with E-state index in [4.69, 9.17) is 16.7 Å². The Balaban J connectivity index is 0.00000324. The van der Waals surface area contributed by atoms with E-state index in [-0.39, 0.29) is 31.4 Å². The summed E-state index contributed by atoms with van der Waals surface area (Å²) < 4.78 is 0. The molecule has 19 heavy (non-hydrogen) atoms. The van der Waals surface area contributed by atoms with Crippen molar-refractivity contribution in [3.8, 4) is 0 Å². The molecule has 0 bridgehead atoms. The van der Waals surface area contributed by atoms with E-state index in [1.807, 2.05) is 18.2 Å². The SMILES string of the molecule is CN(CC(=O)NCC(=O)O)Cc1ccccc1Cl.Cl. The molecular weight excluding hydrogens is 291 g/mol. The van der Waals surface area contributed by atoms with Gasteiger partial charge in [-0.1, -0.05) is 29.8 Å². The van der Waals surface area contributed by atoms with Crippen molar-refractivity contribution in [3.05, 3.63) is 34.9 Å². The third kappa shape index (κ3) is 7.00. The number of halogens is 2. The smallest absolute Gasteiger partial charge is 0.322 e. The number of aliphatic carboxylic acids is 1. The minimum Gasteiger partial charge on any atom is -0.480 e. The van der Waals surface area contributed by atoms with Gasteiger partial charge in [0.15, 0.2) is 0 Å². The zero-order valence-corrected chi connectivity index (χ0v) is 12.0. The molecule has 106 valence electrons. The summed E-state index contributed by atoms with van der Waals surface area (Å²) in [5.74, 6) is -1.39. The molecule has 0 aromatic heterocycles. The van der Waals surface area contributed by atoms with E-state index in [0.717, 1.165) is 5.56 Å². The fourth-order valence-corrected chi connectivity index (χ4v) is 1.64. The second kappa shape index (κ2) is 8.74. The number of nitrogens with zero attached hydrogens (tertiary/aromatic N) is 1. The fourth-order valence-electron chi connectivity index (χ4n) is 1.45. The largest absolute Gasteiger partial charge is 0.480 e. The van der Waals surface area contributed by atoms with Gasteiger partial charge in [0.25, 0.3) is 0 Å². The van der Waals surface area contributed by atoms with Gasteiger partial charge < -0.3 is 10.4 Å². The first-order valence-electron chi connectivity index (χ1n) is 5.39. The summed E-state index contributed by atoms with van der Waals surface area (Å²) in [5.41, 5.74) is 0.924. The zero-order chi connectivity index (χ0) is 13.5. The van der Waals surface area contributed by atoms with Crippen LogP contribution in [-0.2, 0) is 16.1 Å². The van der Waals surface area contributed by atoms with Gasteiger partial charge in [0.1, 0.15) is 6.54 Å². The Labute approximate surface area is 123 Å². The third-order valence-corrected chi connectivity index (χ3v) is 2.62. The van der Waals surface area contributed by atoms with Crippen LogP contribution in [0.5, 0.6) is 0 Å². The summed E-state index contributed by atoms with van der Waals surface area (Å²) >= 11 is 6.00. The zero-order valence-electron chi connectivity index (χ0n) is 10.4. The Kier molecular flexibility index (Phi) is 8.14. The fraction of sp³-hybridized carbons (Fsp3) is 0.333. The first-order valence-corrected chi connectivity index (χ1v) is 5.77. The molecule has 1 rings (SSSR count). The summed E-state index contributed by atoms with van der Waals surface area (Å²) in [7, 11) is 1.77. The number of carboxylic acids is 1. The highest BCUT2D eigenvalue weighted by molar-refractivity contribution is 6.31. The number of carbonyl (C=O) groups is 2. The van der Waals surface area contributed by atoms with Gasteiger partial charge in [-0.05, 0) is 18.7 Å². The lowest BCUT2D eigenvalue weighted by atomic mass is 10.2. The molecule has 0 saturated heterocycles. The predicted molar refractivity (Wildman–Crippen MR) is 75.7 cm³/mol. The van der Waals surface area contributed by atoms with E-state index in [1.165, 1.54) is 0 Å². The normalized spacial score (nSPS) is 9.84. The summed E-state index contributed by atoms with van der Waals surface area (Å²) in [5, 5.41) is 11.4. The molecule has 5 nitrogen and oxygen atoms in total. The molecule has 0 fully saturated rings. The van der Waals surface area contributed by atoms with Crippen molar-refractivity contribution in [1.82, 2.24) is 10.2 Å². The third-order valence-electron chi connectivity index (χ3n) is 2.25. The molecule has 0 aliphatic heterocycles. The topological polar surface area (TPSA) is 69.6 Å². The summed E-state index contributed by atoms with van der Waals surface area (Å²) in [6.45, 7) is 0.289. The van der Waals surface area contributed by atoms with Crippen LogP contribution < -0.4 is 5.32 Å². The van der Waals surface area contributed by atoms with Gasteiger partial charge in [0.2, 0.25) is 5.91 Å². The second-order valence-corrected chi connectivity index (χ2v) is 4.34. The molecule has 0 aliphatic carbocycles. The van der Waals surface area contributed by atoms with Crippen molar-refractivity contribution in [2.24, 2.45) is 0 Å². The highest BCUT2D eigenvalue weighted by atomic mass is 35.5. The van der Waals surface area contributed by atoms with Gasteiger partial charge >= 0.3 is 5.97 Å². The number of hydrogen-bond donors (Lipinski definition) is 2. The molecule has 1 aromatic rings. The molecule has 1 aromatic carbocycles. The van der Waals surface area contributed by atoms with Crippen LogP contribution in [0.25, 0.3) is 0 Å². The second-order valence-electron chi connectivity index (χ2n) is 3.93. The Morgan fingerprint density at radius 3 is 2.58 bits per heavy atom.